The van der Waals surface area contributed by atoms with Crippen molar-refractivity contribution in [1.29, 1.82) is 0 Å². The largest absolute Gasteiger partial charge is 0.378 e. The van der Waals surface area contributed by atoms with Crippen LogP contribution in [0.3, 0.4) is 0 Å². The van der Waals surface area contributed by atoms with E-state index in [0.717, 1.165) is 11.1 Å². The first-order chi connectivity index (χ1) is 13.0. The van der Waals surface area contributed by atoms with E-state index in [4.69, 9.17) is 11.6 Å². The normalized spacial score (nSPS) is 10.3. The SMILES string of the molecule is Cc1ccc(NC(=O)Nc2cccc(CNc3c[nH]nc3C=O)c2)c(Cl)c1. The van der Waals surface area contributed by atoms with E-state index in [0.29, 0.717) is 40.6 Å². The fraction of sp³-hybridized carbons (Fsp3) is 0.105. The van der Waals surface area contributed by atoms with Crippen LogP contribution in [0.1, 0.15) is 21.6 Å². The second kappa shape index (κ2) is 8.37. The molecule has 0 fully saturated rings. The second-order valence-corrected chi connectivity index (χ2v) is 6.33. The topological polar surface area (TPSA) is 98.9 Å². The van der Waals surface area contributed by atoms with Crippen molar-refractivity contribution in [2.45, 2.75) is 13.5 Å². The van der Waals surface area contributed by atoms with Gasteiger partial charge in [-0.15, -0.1) is 0 Å². The molecule has 1 aromatic heterocycles. The van der Waals surface area contributed by atoms with Gasteiger partial charge in [-0.2, -0.15) is 5.10 Å². The lowest BCUT2D eigenvalue weighted by Gasteiger charge is -2.11. The lowest BCUT2D eigenvalue weighted by Crippen LogP contribution is -2.19. The number of hydrogen-bond donors (Lipinski definition) is 4. The minimum Gasteiger partial charge on any atom is -0.378 e. The van der Waals surface area contributed by atoms with Crippen LogP contribution in [0.2, 0.25) is 5.02 Å². The van der Waals surface area contributed by atoms with Gasteiger partial charge in [0.2, 0.25) is 0 Å². The third-order valence-electron chi connectivity index (χ3n) is 3.82. The van der Waals surface area contributed by atoms with Crippen molar-refractivity contribution in [3.63, 3.8) is 0 Å². The molecular formula is C19H18ClN5O2. The number of hydrogen-bond acceptors (Lipinski definition) is 4. The monoisotopic (exact) mass is 383 g/mol. The number of aromatic amines is 1. The average Bonchev–Trinajstić information content (AvgIpc) is 3.10. The molecule has 2 aromatic carbocycles. The number of aldehydes is 1. The Labute approximate surface area is 161 Å². The zero-order valence-corrected chi connectivity index (χ0v) is 15.3. The summed E-state index contributed by atoms with van der Waals surface area (Å²) in [6, 6.07) is 12.4. The van der Waals surface area contributed by atoms with Crippen LogP contribution < -0.4 is 16.0 Å². The van der Waals surface area contributed by atoms with Gasteiger partial charge in [-0.25, -0.2) is 4.79 Å². The minimum absolute atomic E-state index is 0.318. The molecule has 0 aliphatic heterocycles. The van der Waals surface area contributed by atoms with Crippen molar-refractivity contribution in [2.75, 3.05) is 16.0 Å². The lowest BCUT2D eigenvalue weighted by molar-refractivity contribution is 0.111. The van der Waals surface area contributed by atoms with Crippen LogP contribution in [0, 0.1) is 6.92 Å². The molecule has 7 nitrogen and oxygen atoms in total. The highest BCUT2D eigenvalue weighted by molar-refractivity contribution is 6.33. The third-order valence-corrected chi connectivity index (χ3v) is 4.13. The molecule has 0 radical (unpaired) electrons. The Balaban J connectivity index is 1.61. The predicted molar refractivity (Wildman–Crippen MR) is 107 cm³/mol. The molecule has 4 N–H and O–H groups in total. The van der Waals surface area contributed by atoms with Crippen LogP contribution in [0.15, 0.2) is 48.7 Å². The molecule has 0 bridgehead atoms. The van der Waals surface area contributed by atoms with Gasteiger partial charge in [-0.05, 0) is 42.3 Å². The van der Waals surface area contributed by atoms with Crippen molar-refractivity contribution in [1.82, 2.24) is 10.2 Å². The zero-order valence-electron chi connectivity index (χ0n) is 14.5. The summed E-state index contributed by atoms with van der Waals surface area (Å²) >= 11 is 6.13. The quantitative estimate of drug-likeness (QED) is 0.473. The van der Waals surface area contributed by atoms with Crippen LogP contribution in [0.4, 0.5) is 21.9 Å². The number of H-pyrrole nitrogens is 1. The zero-order chi connectivity index (χ0) is 19.2. The number of aryl methyl sites for hydroxylation is 1. The number of urea groups is 1. The van der Waals surface area contributed by atoms with Crippen LogP contribution in [-0.2, 0) is 6.54 Å². The van der Waals surface area contributed by atoms with E-state index in [1.54, 1.807) is 24.4 Å². The number of amides is 2. The average molecular weight is 384 g/mol. The number of nitrogens with one attached hydrogen (secondary N) is 4. The van der Waals surface area contributed by atoms with E-state index >= 15 is 0 Å². The Bertz CT molecular complexity index is 970. The van der Waals surface area contributed by atoms with Gasteiger partial charge in [0.1, 0.15) is 5.69 Å². The first kappa shape index (κ1) is 18.5. The van der Waals surface area contributed by atoms with E-state index in [2.05, 4.69) is 26.1 Å². The third kappa shape index (κ3) is 4.86. The van der Waals surface area contributed by atoms with E-state index in [9.17, 15) is 9.59 Å². The summed E-state index contributed by atoms with van der Waals surface area (Å²) in [5.74, 6) is 0. The molecular weight excluding hydrogens is 366 g/mol. The number of rotatable bonds is 6. The number of aromatic nitrogens is 2. The van der Waals surface area contributed by atoms with Crippen molar-refractivity contribution in [3.05, 3.63) is 70.5 Å². The molecule has 3 aromatic rings. The molecule has 2 amide bonds. The van der Waals surface area contributed by atoms with Gasteiger partial charge >= 0.3 is 6.03 Å². The molecule has 0 aliphatic rings. The molecule has 138 valence electrons. The van der Waals surface area contributed by atoms with Crippen molar-refractivity contribution in [2.24, 2.45) is 0 Å². The Morgan fingerprint density at radius 2 is 2.04 bits per heavy atom. The van der Waals surface area contributed by atoms with Crippen molar-refractivity contribution >= 4 is 41.0 Å². The molecule has 0 unspecified atom stereocenters. The Hall–Kier alpha value is -3.32. The summed E-state index contributed by atoms with van der Waals surface area (Å²) in [7, 11) is 0. The van der Waals surface area contributed by atoms with Gasteiger partial charge in [0, 0.05) is 18.4 Å². The summed E-state index contributed by atoms with van der Waals surface area (Å²) in [6.07, 6.45) is 2.29. The van der Waals surface area contributed by atoms with E-state index in [-0.39, 0.29) is 6.03 Å². The maximum absolute atomic E-state index is 12.2. The standard InChI is InChI=1S/C19H18ClN5O2/c1-12-5-6-16(15(20)7-12)24-19(27)23-14-4-2-3-13(8-14)9-21-17-10-22-25-18(17)11-26/h2-8,10-11,21H,9H2,1H3,(H,22,25)(H2,23,24,27). The van der Waals surface area contributed by atoms with Gasteiger partial charge in [0.25, 0.3) is 0 Å². The summed E-state index contributed by atoms with van der Waals surface area (Å²) in [6.45, 7) is 2.40. The van der Waals surface area contributed by atoms with Crippen LogP contribution in [-0.4, -0.2) is 22.5 Å². The number of carbonyl (C=O) groups excluding carboxylic acids is 2. The molecule has 3 rings (SSSR count). The van der Waals surface area contributed by atoms with Gasteiger partial charge in [-0.1, -0.05) is 29.8 Å². The van der Waals surface area contributed by atoms with Crippen LogP contribution in [0.5, 0.6) is 0 Å². The van der Waals surface area contributed by atoms with Crippen LogP contribution >= 0.6 is 11.6 Å². The van der Waals surface area contributed by atoms with Crippen molar-refractivity contribution in [3.8, 4) is 0 Å². The Kier molecular flexibility index (Phi) is 5.73. The molecule has 1 heterocycles. The number of anilines is 3. The van der Waals surface area contributed by atoms with Crippen molar-refractivity contribution < 1.29 is 9.59 Å². The van der Waals surface area contributed by atoms with Gasteiger partial charge in [0.15, 0.2) is 6.29 Å². The highest BCUT2D eigenvalue weighted by atomic mass is 35.5. The molecule has 0 saturated heterocycles. The maximum atomic E-state index is 12.2. The highest BCUT2D eigenvalue weighted by Gasteiger charge is 2.07. The summed E-state index contributed by atoms with van der Waals surface area (Å²) in [5.41, 5.74) is 4.06. The number of carbonyl (C=O) groups is 2. The smallest absolute Gasteiger partial charge is 0.323 e. The van der Waals surface area contributed by atoms with Gasteiger partial charge in [0.05, 0.1) is 16.4 Å². The summed E-state index contributed by atoms with van der Waals surface area (Å²) in [4.78, 5) is 23.1. The van der Waals surface area contributed by atoms with Gasteiger partial charge < -0.3 is 16.0 Å². The number of nitrogens with zero attached hydrogens (tertiary/aromatic N) is 1. The molecule has 8 heteroatoms. The minimum atomic E-state index is -0.385. The van der Waals surface area contributed by atoms with E-state index in [1.165, 1.54) is 0 Å². The Morgan fingerprint density at radius 3 is 2.81 bits per heavy atom. The fourth-order valence-electron chi connectivity index (χ4n) is 2.49. The van der Waals surface area contributed by atoms with E-state index in [1.807, 2.05) is 31.2 Å². The summed E-state index contributed by atoms with van der Waals surface area (Å²) < 4.78 is 0. The fourth-order valence-corrected chi connectivity index (χ4v) is 2.78. The number of halogens is 1. The Morgan fingerprint density at radius 1 is 1.19 bits per heavy atom. The maximum Gasteiger partial charge on any atom is 0.323 e. The molecule has 0 spiro atoms. The molecule has 27 heavy (non-hydrogen) atoms. The first-order valence-electron chi connectivity index (χ1n) is 8.21. The lowest BCUT2D eigenvalue weighted by atomic mass is 10.2. The van der Waals surface area contributed by atoms with E-state index < -0.39 is 0 Å². The molecule has 0 saturated carbocycles. The molecule has 0 atom stereocenters. The first-order valence-corrected chi connectivity index (χ1v) is 8.59. The number of benzene rings is 2. The van der Waals surface area contributed by atoms with Gasteiger partial charge in [-0.3, -0.25) is 9.89 Å². The highest BCUT2D eigenvalue weighted by Crippen LogP contribution is 2.23. The van der Waals surface area contributed by atoms with Crippen LogP contribution in [0.25, 0.3) is 0 Å². The molecule has 0 aliphatic carbocycles. The second-order valence-electron chi connectivity index (χ2n) is 5.92. The predicted octanol–water partition coefficient (Wildman–Crippen LogP) is 4.44. The summed E-state index contributed by atoms with van der Waals surface area (Å²) in [5, 5.41) is 15.6.